The molecule has 3 heterocycles. The van der Waals surface area contributed by atoms with Crippen molar-refractivity contribution < 1.29 is 21.6 Å². The normalized spacial score (nSPS) is 18.6. The van der Waals surface area contributed by atoms with Crippen molar-refractivity contribution in [1.82, 2.24) is 24.6 Å². The number of piperidine rings is 1. The highest BCUT2D eigenvalue weighted by atomic mass is 32.2. The Morgan fingerprint density at radius 3 is 2.41 bits per heavy atom. The molecule has 0 amide bonds. The molecule has 1 aromatic carbocycles. The molecule has 8 nitrogen and oxygen atoms in total. The highest BCUT2D eigenvalue weighted by molar-refractivity contribution is 7.92. The maximum absolute atomic E-state index is 13.6. The van der Waals surface area contributed by atoms with Crippen molar-refractivity contribution in [3.63, 3.8) is 0 Å². The zero-order valence-corrected chi connectivity index (χ0v) is 21.7. The number of rotatable bonds is 5. The lowest BCUT2D eigenvalue weighted by Crippen LogP contribution is -2.50. The number of nitrogens with one attached hydrogen (secondary N) is 1. The van der Waals surface area contributed by atoms with Crippen LogP contribution in [0, 0.1) is 12.3 Å². The topological polar surface area (TPSA) is 93.0 Å². The molecule has 1 N–H and O–H groups in total. The fraction of sp³-hybridized carbons (Fsp3) is 0.480. The summed E-state index contributed by atoms with van der Waals surface area (Å²) in [5.74, 6) is -0.0336. The molecule has 37 heavy (non-hydrogen) atoms. The number of likely N-dealkylation sites (tertiary alicyclic amines) is 1. The van der Waals surface area contributed by atoms with Crippen LogP contribution in [0.3, 0.4) is 0 Å². The van der Waals surface area contributed by atoms with E-state index in [0.29, 0.717) is 24.1 Å². The Morgan fingerprint density at radius 2 is 1.81 bits per heavy atom. The van der Waals surface area contributed by atoms with Gasteiger partial charge < -0.3 is 10.2 Å². The summed E-state index contributed by atoms with van der Waals surface area (Å²) in [5.41, 5.74) is 0.236. The first-order valence-electron chi connectivity index (χ1n) is 12.1. The molecule has 0 atom stereocenters. The molecule has 1 saturated carbocycles. The molecule has 2 fully saturated rings. The quantitative estimate of drug-likeness (QED) is 0.512. The molecule has 1 saturated heterocycles. The van der Waals surface area contributed by atoms with Crippen molar-refractivity contribution >= 4 is 21.5 Å². The van der Waals surface area contributed by atoms with Crippen LogP contribution in [-0.4, -0.2) is 58.5 Å². The first-order valence-corrected chi connectivity index (χ1v) is 13.6. The highest BCUT2D eigenvalue weighted by Crippen LogP contribution is 2.52. The summed E-state index contributed by atoms with van der Waals surface area (Å²) < 4.78 is 68.7. The lowest BCUT2D eigenvalue weighted by Gasteiger charge is -2.51. The number of sulfone groups is 1. The SMILES string of the molecule is Cc1cc(S(=O)(=O)C2CC3(CCN(C)CC3)C2)ccc1Nc1ncc(C(F)(F)F)c(-c2cnn(C)c2)n1. The molecular formula is C25H29F3N6O2S. The van der Waals surface area contributed by atoms with Crippen LogP contribution in [0.25, 0.3) is 11.3 Å². The molecule has 0 bridgehead atoms. The summed E-state index contributed by atoms with van der Waals surface area (Å²) in [6.45, 7) is 3.74. The monoisotopic (exact) mass is 534 g/mol. The Morgan fingerprint density at radius 1 is 1.11 bits per heavy atom. The second kappa shape index (κ2) is 9.09. The predicted octanol–water partition coefficient (Wildman–Crippen LogP) is 4.60. The smallest absolute Gasteiger partial charge is 0.324 e. The van der Waals surface area contributed by atoms with Crippen molar-refractivity contribution in [1.29, 1.82) is 0 Å². The molecule has 1 spiro atoms. The van der Waals surface area contributed by atoms with Gasteiger partial charge in [-0.1, -0.05) is 0 Å². The van der Waals surface area contributed by atoms with Crippen LogP contribution in [0.15, 0.2) is 41.7 Å². The molecule has 198 valence electrons. The molecule has 1 aliphatic heterocycles. The Balaban J connectivity index is 1.35. The van der Waals surface area contributed by atoms with Gasteiger partial charge in [0.1, 0.15) is 5.56 Å². The van der Waals surface area contributed by atoms with E-state index in [1.54, 1.807) is 26.1 Å². The van der Waals surface area contributed by atoms with Crippen molar-refractivity contribution in [2.75, 3.05) is 25.5 Å². The fourth-order valence-corrected chi connectivity index (χ4v) is 7.44. The summed E-state index contributed by atoms with van der Waals surface area (Å²) in [6, 6.07) is 4.75. The maximum atomic E-state index is 13.6. The van der Waals surface area contributed by atoms with E-state index in [0.717, 1.165) is 32.1 Å². The molecule has 5 rings (SSSR count). The molecule has 1 aliphatic carbocycles. The zero-order valence-electron chi connectivity index (χ0n) is 20.9. The minimum Gasteiger partial charge on any atom is -0.324 e. The van der Waals surface area contributed by atoms with Gasteiger partial charge in [-0.3, -0.25) is 4.68 Å². The molecule has 0 unspecified atom stereocenters. The third-order valence-corrected chi connectivity index (χ3v) is 9.78. The van der Waals surface area contributed by atoms with E-state index in [1.165, 1.54) is 23.1 Å². The number of hydrogen-bond donors (Lipinski definition) is 1. The number of hydrogen-bond acceptors (Lipinski definition) is 7. The molecular weight excluding hydrogens is 505 g/mol. The Hall–Kier alpha value is -2.99. The number of alkyl halides is 3. The minimum absolute atomic E-state index is 0.0336. The third-order valence-electron chi connectivity index (χ3n) is 7.65. The Bertz CT molecular complexity index is 1420. The van der Waals surface area contributed by atoms with Gasteiger partial charge in [0.2, 0.25) is 5.95 Å². The van der Waals surface area contributed by atoms with Crippen molar-refractivity contribution in [2.24, 2.45) is 12.5 Å². The number of halogens is 3. The van der Waals surface area contributed by atoms with E-state index >= 15 is 0 Å². The third kappa shape index (κ3) is 4.96. The predicted molar refractivity (Wildman–Crippen MR) is 133 cm³/mol. The number of anilines is 2. The van der Waals surface area contributed by atoms with E-state index in [-0.39, 0.29) is 32.8 Å². The first-order chi connectivity index (χ1) is 17.4. The second-order valence-electron chi connectivity index (χ2n) is 10.3. The van der Waals surface area contributed by atoms with Gasteiger partial charge in [-0.05, 0) is 81.9 Å². The van der Waals surface area contributed by atoms with E-state index in [4.69, 9.17) is 0 Å². The van der Waals surface area contributed by atoms with Crippen LogP contribution < -0.4 is 5.32 Å². The highest BCUT2D eigenvalue weighted by Gasteiger charge is 2.50. The van der Waals surface area contributed by atoms with E-state index in [1.807, 2.05) is 0 Å². The van der Waals surface area contributed by atoms with Crippen LogP contribution in [0.5, 0.6) is 0 Å². The second-order valence-corrected chi connectivity index (χ2v) is 12.6. The van der Waals surface area contributed by atoms with Crippen molar-refractivity contribution in [3.05, 3.63) is 47.9 Å². The van der Waals surface area contributed by atoms with Gasteiger partial charge >= 0.3 is 6.18 Å². The Labute approximate surface area is 213 Å². The van der Waals surface area contributed by atoms with Crippen LogP contribution in [0.1, 0.15) is 36.8 Å². The van der Waals surface area contributed by atoms with E-state index in [2.05, 4.69) is 32.3 Å². The lowest BCUT2D eigenvalue weighted by atomic mass is 9.63. The number of aromatic nitrogens is 4. The lowest BCUT2D eigenvalue weighted by molar-refractivity contribution is -0.137. The number of benzene rings is 1. The first kappa shape index (κ1) is 25.7. The maximum Gasteiger partial charge on any atom is 0.419 e. The minimum atomic E-state index is -4.64. The number of aryl methyl sites for hydroxylation is 2. The van der Waals surface area contributed by atoms with Gasteiger partial charge in [-0.25, -0.2) is 18.4 Å². The summed E-state index contributed by atoms with van der Waals surface area (Å²) >= 11 is 0. The van der Waals surface area contributed by atoms with Gasteiger partial charge in [0, 0.05) is 30.7 Å². The molecule has 3 aromatic rings. The van der Waals surface area contributed by atoms with Gasteiger partial charge in [0.25, 0.3) is 0 Å². The average molecular weight is 535 g/mol. The van der Waals surface area contributed by atoms with Crippen molar-refractivity contribution in [2.45, 2.75) is 48.9 Å². The largest absolute Gasteiger partial charge is 0.419 e. The molecule has 2 aromatic heterocycles. The summed E-state index contributed by atoms with van der Waals surface area (Å²) in [6.07, 6.45) is 2.31. The van der Waals surface area contributed by atoms with Crippen LogP contribution in [-0.2, 0) is 23.1 Å². The van der Waals surface area contributed by atoms with Gasteiger partial charge in [-0.2, -0.15) is 18.3 Å². The summed E-state index contributed by atoms with van der Waals surface area (Å²) in [5, 5.41) is 6.50. The zero-order chi connectivity index (χ0) is 26.6. The van der Waals surface area contributed by atoms with Gasteiger partial charge in [0.15, 0.2) is 9.84 Å². The van der Waals surface area contributed by atoms with Crippen molar-refractivity contribution in [3.8, 4) is 11.3 Å². The van der Waals surface area contributed by atoms with Crippen LogP contribution in [0.4, 0.5) is 24.8 Å². The summed E-state index contributed by atoms with van der Waals surface area (Å²) in [4.78, 5) is 10.5. The van der Waals surface area contributed by atoms with E-state index in [9.17, 15) is 21.6 Å². The molecule has 12 heteroatoms. The van der Waals surface area contributed by atoms with Gasteiger partial charge in [0.05, 0.1) is 22.0 Å². The molecule has 0 radical (unpaired) electrons. The average Bonchev–Trinajstić information content (AvgIpc) is 3.25. The van der Waals surface area contributed by atoms with Crippen LogP contribution in [0.2, 0.25) is 0 Å². The Kier molecular flexibility index (Phi) is 6.30. The van der Waals surface area contributed by atoms with Crippen LogP contribution >= 0.6 is 0 Å². The standard InChI is InChI=1S/C25H29F3N6O2S/c1-16-10-18(37(35,36)19-11-24(12-19)6-8-33(2)9-7-24)4-5-21(16)31-23-29-14-20(25(26,27)28)22(32-23)17-13-30-34(3)15-17/h4-5,10,13-15,19H,6-9,11-12H2,1-3H3,(H,29,31,32). The number of nitrogens with zero attached hydrogens (tertiary/aromatic N) is 5. The van der Waals surface area contributed by atoms with E-state index < -0.39 is 21.6 Å². The molecule has 2 aliphatic rings. The summed E-state index contributed by atoms with van der Waals surface area (Å²) in [7, 11) is 0.223. The van der Waals surface area contributed by atoms with Gasteiger partial charge in [-0.15, -0.1) is 0 Å². The fourth-order valence-electron chi connectivity index (χ4n) is 5.31.